The van der Waals surface area contributed by atoms with Crippen LogP contribution in [-0.4, -0.2) is 4.98 Å². The first-order valence-corrected chi connectivity index (χ1v) is 7.84. The Bertz CT molecular complexity index is 753. The van der Waals surface area contributed by atoms with Crippen LogP contribution in [-0.2, 0) is 0 Å². The lowest BCUT2D eigenvalue weighted by Crippen LogP contribution is -2.10. The van der Waals surface area contributed by atoms with E-state index in [1.807, 2.05) is 23.6 Å². The molecule has 100 valence electrons. The van der Waals surface area contributed by atoms with E-state index in [0.717, 1.165) is 5.52 Å². The van der Waals surface area contributed by atoms with Gasteiger partial charge in [-0.3, -0.25) is 4.98 Å². The third kappa shape index (κ3) is 2.03. The summed E-state index contributed by atoms with van der Waals surface area (Å²) in [6, 6.07) is 15.1. The van der Waals surface area contributed by atoms with Gasteiger partial charge in [-0.25, -0.2) is 0 Å². The maximum Gasteiger partial charge on any atom is 0.0708 e. The van der Waals surface area contributed by atoms with E-state index < -0.39 is 0 Å². The zero-order chi connectivity index (χ0) is 13.5. The highest BCUT2D eigenvalue weighted by molar-refractivity contribution is 7.15. The number of rotatable bonds is 3. The van der Waals surface area contributed by atoms with Crippen LogP contribution >= 0.6 is 11.3 Å². The Labute approximate surface area is 122 Å². The fourth-order valence-corrected chi connectivity index (χ4v) is 3.83. The molecule has 2 aromatic heterocycles. The number of thiophene rings is 1. The van der Waals surface area contributed by atoms with Gasteiger partial charge in [0.05, 0.1) is 5.52 Å². The van der Waals surface area contributed by atoms with Gasteiger partial charge in [0.1, 0.15) is 0 Å². The van der Waals surface area contributed by atoms with Crippen molar-refractivity contribution >= 4 is 22.2 Å². The molecule has 20 heavy (non-hydrogen) atoms. The highest BCUT2D eigenvalue weighted by atomic mass is 32.1. The maximum atomic E-state index is 6.30. The van der Waals surface area contributed by atoms with Gasteiger partial charge in [0.25, 0.3) is 0 Å². The first kappa shape index (κ1) is 12.1. The largest absolute Gasteiger partial charge is 0.323 e. The van der Waals surface area contributed by atoms with Crippen LogP contribution in [0.4, 0.5) is 0 Å². The quantitative estimate of drug-likeness (QED) is 0.773. The van der Waals surface area contributed by atoms with Gasteiger partial charge in [-0.1, -0.05) is 18.2 Å². The zero-order valence-electron chi connectivity index (χ0n) is 11.1. The Morgan fingerprint density at radius 1 is 1.10 bits per heavy atom. The summed E-state index contributed by atoms with van der Waals surface area (Å²) in [5.41, 5.74) is 8.61. The van der Waals surface area contributed by atoms with Crippen LogP contribution in [0.15, 0.2) is 48.7 Å². The minimum absolute atomic E-state index is 0.224. The topological polar surface area (TPSA) is 38.9 Å². The van der Waals surface area contributed by atoms with Crippen molar-refractivity contribution in [3.8, 4) is 10.4 Å². The Balaban J connectivity index is 1.79. The summed E-state index contributed by atoms with van der Waals surface area (Å²) < 4.78 is 0. The Hall–Kier alpha value is -1.71. The molecule has 1 atom stereocenters. The molecule has 0 aliphatic heterocycles. The lowest BCUT2D eigenvalue weighted by atomic mass is 10.1. The van der Waals surface area contributed by atoms with Crippen molar-refractivity contribution in [2.24, 2.45) is 11.7 Å². The smallest absolute Gasteiger partial charge is 0.0708 e. The van der Waals surface area contributed by atoms with Crippen LogP contribution in [0.2, 0.25) is 0 Å². The Kier molecular flexibility index (Phi) is 2.83. The fraction of sp³-hybridized carbons (Fsp3) is 0.235. The van der Waals surface area contributed by atoms with E-state index in [2.05, 4.69) is 41.4 Å². The molecule has 0 amide bonds. The van der Waals surface area contributed by atoms with Gasteiger partial charge < -0.3 is 5.73 Å². The Morgan fingerprint density at radius 2 is 2.00 bits per heavy atom. The summed E-state index contributed by atoms with van der Waals surface area (Å²) in [6.07, 6.45) is 4.41. The van der Waals surface area contributed by atoms with E-state index in [9.17, 15) is 0 Å². The summed E-state index contributed by atoms with van der Waals surface area (Å²) in [4.78, 5) is 7.02. The minimum Gasteiger partial charge on any atom is -0.323 e. The number of hydrogen-bond donors (Lipinski definition) is 1. The van der Waals surface area contributed by atoms with Crippen LogP contribution in [0, 0.1) is 5.92 Å². The SMILES string of the molecule is NC(c1ccc(-c2cccc3ncccc23)s1)C1CC1. The molecule has 0 saturated heterocycles. The van der Waals surface area contributed by atoms with Crippen molar-refractivity contribution in [3.05, 3.63) is 53.5 Å². The number of nitrogens with two attached hydrogens (primary N) is 1. The summed E-state index contributed by atoms with van der Waals surface area (Å²) in [6.45, 7) is 0. The molecule has 1 aliphatic carbocycles. The molecule has 4 rings (SSSR count). The molecule has 1 fully saturated rings. The predicted octanol–water partition coefficient (Wildman–Crippen LogP) is 4.37. The molecule has 2 nitrogen and oxygen atoms in total. The molecular formula is C17H16N2S. The van der Waals surface area contributed by atoms with Gasteiger partial charge >= 0.3 is 0 Å². The summed E-state index contributed by atoms with van der Waals surface area (Å²) in [7, 11) is 0. The average Bonchev–Trinajstić information content (AvgIpc) is 3.23. The summed E-state index contributed by atoms with van der Waals surface area (Å²) in [5, 5.41) is 1.21. The number of aromatic nitrogens is 1. The maximum absolute atomic E-state index is 6.30. The molecule has 1 aliphatic rings. The van der Waals surface area contributed by atoms with E-state index >= 15 is 0 Å². The number of hydrogen-bond acceptors (Lipinski definition) is 3. The molecule has 1 aromatic carbocycles. The van der Waals surface area contributed by atoms with E-state index in [1.54, 1.807) is 0 Å². The van der Waals surface area contributed by atoms with Crippen molar-refractivity contribution in [2.75, 3.05) is 0 Å². The van der Waals surface area contributed by atoms with Gasteiger partial charge in [-0.05, 0) is 43.0 Å². The van der Waals surface area contributed by atoms with E-state index in [0.29, 0.717) is 5.92 Å². The monoisotopic (exact) mass is 280 g/mol. The van der Waals surface area contributed by atoms with E-state index in [1.165, 1.54) is 33.5 Å². The molecule has 1 unspecified atom stereocenters. The summed E-state index contributed by atoms with van der Waals surface area (Å²) in [5.74, 6) is 0.704. The van der Waals surface area contributed by atoms with Gasteiger partial charge in [-0.15, -0.1) is 11.3 Å². The normalized spacial score (nSPS) is 16.4. The standard InChI is InChI=1S/C17H16N2S/c18-17(11-6-7-11)16-9-8-15(20-16)13-3-1-5-14-12(13)4-2-10-19-14/h1-5,8-11,17H,6-7,18H2. The molecule has 2 N–H and O–H groups in total. The second kappa shape index (κ2) is 4.69. The molecular weight excluding hydrogens is 264 g/mol. The third-order valence-corrected chi connectivity index (χ3v) is 5.22. The third-order valence-electron chi connectivity index (χ3n) is 4.00. The first-order chi connectivity index (χ1) is 9.83. The summed E-state index contributed by atoms with van der Waals surface area (Å²) >= 11 is 1.82. The molecule has 1 saturated carbocycles. The van der Waals surface area contributed by atoms with Crippen LogP contribution in [0.1, 0.15) is 23.8 Å². The van der Waals surface area contributed by atoms with Gasteiger partial charge in [0.15, 0.2) is 0 Å². The molecule has 2 heterocycles. The number of fused-ring (bicyclic) bond motifs is 1. The minimum atomic E-state index is 0.224. The number of benzene rings is 1. The average molecular weight is 280 g/mol. The molecule has 0 radical (unpaired) electrons. The lowest BCUT2D eigenvalue weighted by Gasteiger charge is -2.07. The van der Waals surface area contributed by atoms with Crippen molar-refractivity contribution in [1.29, 1.82) is 0 Å². The highest BCUT2D eigenvalue weighted by Crippen LogP contribution is 2.43. The lowest BCUT2D eigenvalue weighted by molar-refractivity contribution is 0.645. The van der Waals surface area contributed by atoms with Crippen molar-refractivity contribution in [1.82, 2.24) is 4.98 Å². The fourth-order valence-electron chi connectivity index (χ4n) is 2.68. The molecule has 0 bridgehead atoms. The van der Waals surface area contributed by atoms with Gasteiger partial charge in [0, 0.05) is 32.9 Å². The van der Waals surface area contributed by atoms with Crippen LogP contribution < -0.4 is 5.73 Å². The van der Waals surface area contributed by atoms with Crippen molar-refractivity contribution in [2.45, 2.75) is 18.9 Å². The highest BCUT2D eigenvalue weighted by Gasteiger charge is 2.30. The Morgan fingerprint density at radius 3 is 2.85 bits per heavy atom. The second-order valence-corrected chi connectivity index (χ2v) is 6.56. The van der Waals surface area contributed by atoms with Crippen molar-refractivity contribution in [3.63, 3.8) is 0 Å². The van der Waals surface area contributed by atoms with Crippen LogP contribution in [0.5, 0.6) is 0 Å². The van der Waals surface area contributed by atoms with Crippen molar-refractivity contribution < 1.29 is 0 Å². The molecule has 0 spiro atoms. The van der Waals surface area contributed by atoms with Crippen LogP contribution in [0.25, 0.3) is 21.3 Å². The molecule has 3 heteroatoms. The second-order valence-electron chi connectivity index (χ2n) is 5.44. The zero-order valence-corrected chi connectivity index (χ0v) is 11.9. The predicted molar refractivity (Wildman–Crippen MR) is 84.7 cm³/mol. The first-order valence-electron chi connectivity index (χ1n) is 7.02. The number of pyridine rings is 1. The van der Waals surface area contributed by atoms with Gasteiger partial charge in [-0.2, -0.15) is 0 Å². The van der Waals surface area contributed by atoms with Gasteiger partial charge in [0.2, 0.25) is 0 Å². The van der Waals surface area contributed by atoms with E-state index in [-0.39, 0.29) is 6.04 Å². The number of nitrogens with zero attached hydrogens (tertiary/aromatic N) is 1. The van der Waals surface area contributed by atoms with Crippen LogP contribution in [0.3, 0.4) is 0 Å². The molecule has 3 aromatic rings. The van der Waals surface area contributed by atoms with E-state index in [4.69, 9.17) is 5.73 Å².